The van der Waals surface area contributed by atoms with Crippen LogP contribution in [0.25, 0.3) is 22.3 Å². The van der Waals surface area contributed by atoms with Gasteiger partial charge in [-0.15, -0.1) is 23.5 Å². The molecule has 6 aromatic heterocycles. The van der Waals surface area contributed by atoms with E-state index in [0.717, 1.165) is 18.5 Å². The maximum absolute atomic E-state index is 12.1. The Kier molecular flexibility index (Phi) is 17.7. The molecule has 488 valence electrons. The Bertz CT molecular complexity index is 4450. The van der Waals surface area contributed by atoms with Crippen molar-refractivity contribution in [2.45, 2.75) is 104 Å². The van der Waals surface area contributed by atoms with E-state index < -0.39 is 182 Å². The van der Waals surface area contributed by atoms with Crippen molar-refractivity contribution in [3.05, 3.63) is 84.7 Å². The van der Waals surface area contributed by atoms with Crippen LogP contribution in [0.5, 0.6) is 0 Å². The zero-order chi connectivity index (χ0) is 75.6. The summed E-state index contributed by atoms with van der Waals surface area (Å²) < 4.78 is 169. The zero-order valence-corrected chi connectivity index (χ0v) is 49.2. The van der Waals surface area contributed by atoms with Crippen molar-refractivity contribution in [2.75, 3.05) is 43.6 Å². The molecule has 6 aromatic rings. The van der Waals surface area contributed by atoms with Gasteiger partial charge in [0.2, 0.25) is 5.95 Å². The van der Waals surface area contributed by atoms with Gasteiger partial charge in [-0.2, -0.15) is 9.97 Å². The van der Waals surface area contributed by atoms with Crippen molar-refractivity contribution in [3.8, 4) is 0 Å². The number of thioether (sulfide) groups is 2. The first-order valence-corrected chi connectivity index (χ1v) is 31.7. The Hall–Kier alpha value is -5.24. The van der Waals surface area contributed by atoms with Gasteiger partial charge in [0.05, 0.1) is 90.1 Å². The second-order valence-electron chi connectivity index (χ2n) is 18.0. The third-order valence-electron chi connectivity index (χ3n) is 11.8. The van der Waals surface area contributed by atoms with Gasteiger partial charge in [-0.25, -0.2) is 29.5 Å². The molecule has 88 heavy (non-hydrogen) atoms. The molecule has 4 aliphatic rings. The number of aliphatic hydroxyl groups excluding tert-OH is 2. The zero-order valence-electron chi connectivity index (χ0n) is 56.0. The van der Waals surface area contributed by atoms with Crippen molar-refractivity contribution >= 4 is 94.7 Å². The largest absolute Gasteiger partial charge is 0.756 e. The number of nitrogens with zero attached hydrogens (tertiary/aromatic N) is 10. The number of anilines is 3. The molecule has 0 spiro atoms. The highest BCUT2D eigenvalue weighted by Gasteiger charge is 2.44. The minimum atomic E-state index is -5.31. The van der Waals surface area contributed by atoms with E-state index in [9.17, 15) is 77.4 Å². The Morgan fingerprint density at radius 3 is 2.00 bits per heavy atom. The van der Waals surface area contributed by atoms with Crippen molar-refractivity contribution in [2.24, 2.45) is 11.8 Å². The molecule has 41 nitrogen and oxygen atoms in total. The Morgan fingerprint density at radius 2 is 1.38 bits per heavy atom. The Morgan fingerprint density at radius 1 is 0.761 bits per heavy atom. The van der Waals surface area contributed by atoms with Gasteiger partial charge in [-0.05, 0) is 13.0 Å². The molecule has 0 aromatic carbocycles. The molecule has 4 aliphatic heterocycles. The summed E-state index contributed by atoms with van der Waals surface area (Å²) in [4.78, 5) is 152. The average Bonchev–Trinajstić information content (AvgIpc) is 1.48. The lowest BCUT2D eigenvalue weighted by Gasteiger charge is -2.20. The summed E-state index contributed by atoms with van der Waals surface area (Å²) in [5.41, 5.74) is 13.7. The predicted molar refractivity (Wildman–Crippen MR) is 295 cm³/mol. The van der Waals surface area contributed by atoms with Crippen molar-refractivity contribution < 1.29 is 122 Å². The van der Waals surface area contributed by atoms with Crippen LogP contribution in [0.3, 0.4) is 0 Å². The monoisotopic (exact) mass is 1380 g/mol. The van der Waals surface area contributed by atoms with E-state index in [1.54, 1.807) is 0 Å². The first-order chi connectivity index (χ1) is 45.5. The highest BCUT2D eigenvalue weighted by Crippen LogP contribution is 2.47. The quantitative estimate of drug-likeness (QED) is 0.0317. The normalized spacial score (nSPS) is 36.5. The molecular formula is C41H57N15O26P4S2-4. The van der Waals surface area contributed by atoms with Crippen molar-refractivity contribution in [1.29, 1.82) is 0 Å². The molecule has 8 unspecified atom stereocenters. The van der Waals surface area contributed by atoms with E-state index in [-0.39, 0.29) is 75.4 Å². The molecule has 18 atom stereocenters. The molecule has 0 radical (unpaired) electrons. The standard InChI is InChI=1S/C11H16N5O6P.C10H14N5O7P.C10H16N3O6PS.C10H15N2O7PS/c1-5-8(17)6(2-21-23(18,19)20)22-11(5)16-4-15-7-9(12)13-3-14-10(7)16;11-10-13-8-7(9(17)14-10)12-3-15(8)6-1-4(16)5(22-6)2-21-23(18,19)20;1-5-8(14)6(4-19-20(16,17)18)21-9(5)13-3-2-7(11)12-10(13)15;1-5-3-12(10(15)11-9(5)14)8-2-6(13)7(21-8)4-19-20(16,17)18/h3-6,8,11,17H,2H2,1H3,(H2,12,13,14)(H2,18,19,20);3-6,16H,1-2H2,(H2,18,19,20)(H3,11,13,14,17);2-3,5-6,8-9,14H,4H2,1H3,(H2,11,12,15)(H2,16,17,18);3,6-8,13H,2,4H2,1H3,(H,11,14,15)(H2,16,17,18)/p-4/t5-,6+,8?,11+;4?,5-,6-;5-,6+,8?,9+;6?,7-,8-/m0101/s1/i1D2;;1D3,5+1D,6+1,8+1D,9+1D;2+1D2,6+1D,7+1,8+1D. The minimum Gasteiger partial charge on any atom is -0.756 e. The van der Waals surface area contributed by atoms with Gasteiger partial charge in [0.25, 0.3) is 42.4 Å². The van der Waals surface area contributed by atoms with Gasteiger partial charge < -0.3 is 104 Å². The fourth-order valence-electron chi connectivity index (χ4n) is 7.80. The predicted octanol–water partition coefficient (Wildman–Crippen LogP) is -5.79. The lowest BCUT2D eigenvalue weighted by Crippen LogP contribution is -2.32. The number of ether oxygens (including phenoxy) is 2. The number of phosphoric ester groups is 4. The molecule has 0 saturated carbocycles. The van der Waals surface area contributed by atoms with Crippen LogP contribution in [0.1, 0.15) is 71.7 Å². The van der Waals surface area contributed by atoms with Crippen molar-refractivity contribution in [1.82, 2.24) is 58.1 Å². The van der Waals surface area contributed by atoms with Crippen LogP contribution in [0, 0.1) is 18.7 Å². The highest BCUT2D eigenvalue weighted by molar-refractivity contribution is 8.00. The number of fused-ring (bicyclic) bond motifs is 2. The molecule has 0 bridgehead atoms. The van der Waals surface area contributed by atoms with Gasteiger partial charge in [0.1, 0.15) is 42.3 Å². The summed E-state index contributed by atoms with van der Waals surface area (Å²) in [7, 11) is -20.4. The summed E-state index contributed by atoms with van der Waals surface area (Å²) in [5, 5.41) is 32.0. The number of nitrogens with one attached hydrogen (secondary N) is 2. The molecule has 10 rings (SSSR count). The number of imidazole rings is 2. The van der Waals surface area contributed by atoms with Gasteiger partial charge in [-0.3, -0.25) is 56.1 Å². The first kappa shape index (κ1) is 54.5. The van der Waals surface area contributed by atoms with Crippen LogP contribution in [-0.2, 0) is 45.8 Å². The number of H-pyrrole nitrogens is 2. The Labute approximate surface area is 517 Å². The first-order valence-electron chi connectivity index (χ1n) is 30.1. The van der Waals surface area contributed by atoms with Gasteiger partial charge in [0.15, 0.2) is 22.6 Å². The van der Waals surface area contributed by atoms with E-state index in [4.69, 9.17) is 62.7 Å². The van der Waals surface area contributed by atoms with E-state index in [1.807, 2.05) is 4.98 Å². The van der Waals surface area contributed by atoms with Crippen molar-refractivity contribution in [3.63, 3.8) is 0 Å². The lowest BCUT2D eigenvalue weighted by molar-refractivity contribution is -0.224. The van der Waals surface area contributed by atoms with Crippen LogP contribution in [-0.4, -0.2) is 172 Å². The second-order valence-corrected chi connectivity index (χ2v) is 25.2. The van der Waals surface area contributed by atoms with Gasteiger partial charge >= 0.3 is 11.4 Å². The summed E-state index contributed by atoms with van der Waals surface area (Å²) in [5.74, 6) is -4.63. The number of rotatable bonds is 16. The van der Waals surface area contributed by atoms with E-state index in [1.165, 1.54) is 35.0 Å². The second kappa shape index (κ2) is 28.5. The topological polar surface area (TPSA) is 653 Å². The summed E-state index contributed by atoms with van der Waals surface area (Å²) in [6, 6.07) is 1.05. The minimum absolute atomic E-state index is 0.0183. The summed E-state index contributed by atoms with van der Waals surface area (Å²) in [6.07, 6.45) is -10.1. The molecule has 47 heteroatoms. The molecule has 0 aliphatic carbocycles. The molecule has 16 N–H and O–H groups in total. The summed E-state index contributed by atoms with van der Waals surface area (Å²) in [6.45, 7) is -7.00. The number of phosphoric acid groups is 4. The van der Waals surface area contributed by atoms with Crippen LogP contribution < -0.4 is 59.3 Å². The molecule has 4 fully saturated rings. The number of nitrogen functional groups attached to an aromatic ring is 3. The number of hydrogen-bond donors (Lipinski definition) is 13. The maximum atomic E-state index is 12.1. The number of aromatic amines is 2. The number of nitrogens with two attached hydrogens (primary N) is 3. The fraction of sp³-hybridized carbons (Fsp3) is 0.561. The number of aliphatic hydroxyl groups is 4. The number of aryl methyl sites for hydroxylation is 1. The number of hydrogen-bond acceptors (Lipinski definition) is 33. The van der Waals surface area contributed by atoms with Gasteiger partial charge in [0, 0.05) is 53.5 Å². The lowest BCUT2D eigenvalue weighted by atomic mass is 10.0. The Balaban J connectivity index is 0.000000187. The van der Waals surface area contributed by atoms with E-state index in [0.29, 0.717) is 9.13 Å². The third-order valence-corrected chi connectivity index (χ3v) is 16.2. The van der Waals surface area contributed by atoms with Crippen LogP contribution >= 0.6 is 54.8 Å². The maximum Gasteiger partial charge on any atom is 0.350 e. The molecule has 10 heterocycles. The fourth-order valence-corrected chi connectivity index (χ4v) is 11.4. The van der Waals surface area contributed by atoms with Crippen LogP contribution in [0.2, 0.25) is 0 Å². The molecule has 0 amide bonds. The van der Waals surface area contributed by atoms with Gasteiger partial charge in [-0.1, -0.05) is 13.7 Å². The molecular weight excluding hydrogens is 1310 g/mol. The average molecular weight is 1380 g/mol. The third kappa shape index (κ3) is 18.3. The SMILES string of the molecule is Nc1nc2c(ncn2[C@H]2CC(O)[C@@H](COP(=O)([O-])O)O2)c(=O)[nH]1.[2H]C([2H])([2H])[13C@@]1([2H])[13C]([2H])(O)[13C@@H](COP(=O)([O-])O)S[13C@@]1([2H])n1ccc(N)nc1=O.[2H]C([2H])[C@H]1C(O)[C@@H](COP(=O)([O-])O)O[C@H]1n1cnc2c(N)ncnc21.[2H][13C]1(O)[13C@@H](COP(=O)([O-])O)S[13C@@]([2H])(n2cc(C)c(=O)[nH]c2=O)[13C]1([2H])[2H]. The summed E-state index contributed by atoms with van der Waals surface area (Å²) >= 11 is 0.384. The van der Waals surface area contributed by atoms with E-state index >= 15 is 0 Å². The smallest absolute Gasteiger partial charge is 0.350 e. The highest BCUT2D eigenvalue weighted by atomic mass is 32.2. The van der Waals surface area contributed by atoms with Crippen LogP contribution in [0.15, 0.2) is 56.6 Å². The van der Waals surface area contributed by atoms with E-state index in [2.05, 4.69) is 53.0 Å². The molecule has 4 saturated heterocycles. The van der Waals surface area contributed by atoms with Crippen LogP contribution in [0.4, 0.5) is 17.6 Å². The number of aromatic nitrogens is 12.